The van der Waals surface area contributed by atoms with Crippen LogP contribution in [0.1, 0.15) is 30.5 Å². The van der Waals surface area contributed by atoms with Gasteiger partial charge in [-0.25, -0.2) is 4.98 Å². The lowest BCUT2D eigenvalue weighted by molar-refractivity contribution is 0.669. The number of fused-ring (bicyclic) bond motifs is 1. The Labute approximate surface area is 126 Å². The van der Waals surface area contributed by atoms with E-state index < -0.39 is 0 Å². The summed E-state index contributed by atoms with van der Waals surface area (Å²) in [5, 5.41) is 6.90. The molecule has 3 heterocycles. The van der Waals surface area contributed by atoms with Crippen LogP contribution in [-0.2, 0) is 0 Å². The summed E-state index contributed by atoms with van der Waals surface area (Å²) in [5.74, 6) is 0. The van der Waals surface area contributed by atoms with Gasteiger partial charge in [-0.3, -0.25) is 0 Å². The second-order valence-corrected chi connectivity index (χ2v) is 7.86. The highest BCUT2D eigenvalue weighted by molar-refractivity contribution is 8.01. The zero-order chi connectivity index (χ0) is 13.4. The molecular formula is C14H15ClN2S2. The third kappa shape index (κ3) is 2.76. The minimum atomic E-state index is 0.332. The lowest BCUT2D eigenvalue weighted by Crippen LogP contribution is -2.19. The van der Waals surface area contributed by atoms with Crippen LogP contribution in [0.15, 0.2) is 27.9 Å². The Balaban J connectivity index is 1.90. The van der Waals surface area contributed by atoms with E-state index in [2.05, 4.69) is 34.7 Å². The average Bonchev–Trinajstić information content (AvgIpc) is 2.82. The molecule has 0 fully saturated rings. The maximum absolute atomic E-state index is 6.18. The topological polar surface area (TPSA) is 24.9 Å². The van der Waals surface area contributed by atoms with Crippen LogP contribution in [0.25, 0.3) is 0 Å². The minimum Gasteiger partial charge on any atom is -0.376 e. The van der Waals surface area contributed by atoms with Crippen LogP contribution in [0.5, 0.6) is 0 Å². The van der Waals surface area contributed by atoms with E-state index in [1.54, 1.807) is 6.20 Å². The van der Waals surface area contributed by atoms with Crippen molar-refractivity contribution in [3.8, 4) is 0 Å². The predicted octanol–water partition coefficient (Wildman–Crippen LogP) is 5.14. The molecule has 1 aliphatic rings. The van der Waals surface area contributed by atoms with Gasteiger partial charge in [0.1, 0.15) is 0 Å². The first-order chi connectivity index (χ1) is 9.13. The molecule has 0 amide bonds. The quantitative estimate of drug-likeness (QED) is 0.777. The Bertz CT molecular complexity index is 597. The van der Waals surface area contributed by atoms with Crippen molar-refractivity contribution in [2.75, 3.05) is 5.32 Å². The Morgan fingerprint density at radius 3 is 3.16 bits per heavy atom. The Hall–Kier alpha value is -0.710. The Morgan fingerprint density at radius 1 is 1.47 bits per heavy atom. The fraction of sp³-hybridized carbons (Fsp3) is 0.357. The van der Waals surface area contributed by atoms with Gasteiger partial charge in [-0.05, 0) is 42.0 Å². The summed E-state index contributed by atoms with van der Waals surface area (Å²) in [4.78, 5) is 4.21. The highest BCUT2D eigenvalue weighted by atomic mass is 35.5. The van der Waals surface area contributed by atoms with Crippen molar-refractivity contribution in [1.82, 2.24) is 4.98 Å². The van der Waals surface area contributed by atoms with Gasteiger partial charge >= 0.3 is 0 Å². The van der Waals surface area contributed by atoms with Crippen LogP contribution >= 0.6 is 34.7 Å². The minimum absolute atomic E-state index is 0.332. The molecule has 0 spiro atoms. The van der Waals surface area contributed by atoms with Gasteiger partial charge in [-0.15, -0.1) is 23.1 Å². The monoisotopic (exact) mass is 310 g/mol. The van der Waals surface area contributed by atoms with Crippen molar-refractivity contribution in [3.05, 3.63) is 40.0 Å². The number of nitrogens with one attached hydrogen (secondary N) is 1. The van der Waals surface area contributed by atoms with Crippen molar-refractivity contribution in [1.29, 1.82) is 0 Å². The van der Waals surface area contributed by atoms with E-state index in [-0.39, 0.29) is 0 Å². The van der Waals surface area contributed by atoms with Crippen molar-refractivity contribution >= 4 is 40.4 Å². The summed E-state index contributed by atoms with van der Waals surface area (Å²) in [6.45, 7) is 4.31. The number of hydrogen-bond donors (Lipinski definition) is 1. The van der Waals surface area contributed by atoms with Crippen molar-refractivity contribution in [2.45, 2.75) is 35.8 Å². The zero-order valence-corrected chi connectivity index (χ0v) is 13.2. The molecule has 0 aromatic carbocycles. The third-order valence-corrected chi connectivity index (χ3v) is 5.86. The molecule has 1 aliphatic heterocycles. The second-order valence-electron chi connectivity index (χ2n) is 4.88. The number of nitrogens with zero attached hydrogens (tertiary/aromatic N) is 1. The van der Waals surface area contributed by atoms with E-state index in [0.717, 1.165) is 17.7 Å². The highest BCUT2D eigenvalue weighted by Gasteiger charge is 2.26. The van der Waals surface area contributed by atoms with Crippen LogP contribution in [0.3, 0.4) is 0 Å². The fourth-order valence-corrected chi connectivity index (χ4v) is 5.05. The molecule has 0 radical (unpaired) electrons. The summed E-state index contributed by atoms with van der Waals surface area (Å²) in [5.41, 5.74) is 3.45. The maximum atomic E-state index is 6.18. The van der Waals surface area contributed by atoms with E-state index in [9.17, 15) is 0 Å². The molecule has 0 saturated heterocycles. The smallest absolute Gasteiger partial charge is 0.152 e. The Kier molecular flexibility index (Phi) is 3.74. The van der Waals surface area contributed by atoms with E-state index >= 15 is 0 Å². The molecule has 19 heavy (non-hydrogen) atoms. The van der Waals surface area contributed by atoms with Gasteiger partial charge in [-0.1, -0.05) is 18.5 Å². The summed E-state index contributed by atoms with van der Waals surface area (Å²) in [7, 11) is 0. The fourth-order valence-electron chi connectivity index (χ4n) is 2.33. The maximum Gasteiger partial charge on any atom is 0.152 e. The van der Waals surface area contributed by atoms with Gasteiger partial charge in [-0.2, -0.15) is 0 Å². The molecule has 3 rings (SSSR count). The van der Waals surface area contributed by atoms with Gasteiger partial charge in [0.15, 0.2) is 5.15 Å². The normalized spacial score (nSPS) is 22.1. The zero-order valence-electron chi connectivity index (χ0n) is 10.8. The summed E-state index contributed by atoms with van der Waals surface area (Å²) >= 11 is 9.97. The predicted molar refractivity (Wildman–Crippen MR) is 84.6 cm³/mol. The van der Waals surface area contributed by atoms with Crippen LogP contribution < -0.4 is 5.32 Å². The Morgan fingerprint density at radius 2 is 2.32 bits per heavy atom. The number of hydrogen-bond acceptors (Lipinski definition) is 4. The molecule has 2 nitrogen and oxygen atoms in total. The third-order valence-electron chi connectivity index (χ3n) is 3.22. The van der Waals surface area contributed by atoms with Crippen LogP contribution in [0.2, 0.25) is 5.15 Å². The lowest BCUT2D eigenvalue weighted by Gasteiger charge is -2.28. The number of anilines is 1. The standard InChI is InChI=1S/C14H15ClN2S2/c1-8-5-12(13(15)16-7-8)17-11-6-9(2)19-14-10(11)3-4-18-14/h3-5,7,9,11,17H,6H2,1-2H3/t9-,11?/m0/s1. The largest absolute Gasteiger partial charge is 0.376 e. The number of halogens is 1. The number of thioether (sulfide) groups is 1. The molecule has 5 heteroatoms. The van der Waals surface area contributed by atoms with Gasteiger partial charge in [0.05, 0.1) is 15.9 Å². The van der Waals surface area contributed by atoms with Crippen LogP contribution in [0, 0.1) is 6.92 Å². The molecule has 2 atom stereocenters. The van der Waals surface area contributed by atoms with Crippen molar-refractivity contribution < 1.29 is 0 Å². The number of thiophene rings is 1. The molecule has 1 N–H and O–H groups in total. The van der Waals surface area contributed by atoms with Gasteiger partial charge in [0.25, 0.3) is 0 Å². The number of aromatic nitrogens is 1. The molecule has 0 bridgehead atoms. The van der Waals surface area contributed by atoms with Gasteiger partial charge < -0.3 is 5.32 Å². The van der Waals surface area contributed by atoms with E-state index in [4.69, 9.17) is 11.6 Å². The first kappa shape index (κ1) is 13.3. The first-order valence-electron chi connectivity index (χ1n) is 6.26. The molecule has 100 valence electrons. The summed E-state index contributed by atoms with van der Waals surface area (Å²) in [6.07, 6.45) is 2.90. The first-order valence-corrected chi connectivity index (χ1v) is 8.40. The van der Waals surface area contributed by atoms with Gasteiger partial charge in [0, 0.05) is 11.4 Å². The highest BCUT2D eigenvalue weighted by Crippen LogP contribution is 2.45. The molecular weight excluding hydrogens is 296 g/mol. The number of rotatable bonds is 2. The molecule has 0 saturated carbocycles. The van der Waals surface area contributed by atoms with E-state index in [0.29, 0.717) is 16.4 Å². The average molecular weight is 311 g/mol. The number of aryl methyl sites for hydroxylation is 1. The van der Waals surface area contributed by atoms with E-state index in [1.165, 1.54) is 9.77 Å². The SMILES string of the molecule is Cc1cnc(Cl)c(NC2C[C@H](C)Sc3sccc32)c1. The van der Waals surface area contributed by atoms with Crippen LogP contribution in [-0.4, -0.2) is 10.2 Å². The van der Waals surface area contributed by atoms with Crippen molar-refractivity contribution in [2.24, 2.45) is 0 Å². The number of pyridine rings is 1. The van der Waals surface area contributed by atoms with Crippen molar-refractivity contribution in [3.63, 3.8) is 0 Å². The molecule has 2 aromatic rings. The molecule has 1 unspecified atom stereocenters. The molecule has 2 aromatic heterocycles. The van der Waals surface area contributed by atoms with Crippen LogP contribution in [0.4, 0.5) is 5.69 Å². The van der Waals surface area contributed by atoms with Gasteiger partial charge in [0.2, 0.25) is 0 Å². The van der Waals surface area contributed by atoms with E-state index in [1.807, 2.05) is 30.0 Å². The summed E-state index contributed by atoms with van der Waals surface area (Å²) in [6, 6.07) is 4.61. The molecule has 0 aliphatic carbocycles. The summed E-state index contributed by atoms with van der Waals surface area (Å²) < 4.78 is 1.42. The lowest BCUT2D eigenvalue weighted by atomic mass is 10.0. The second kappa shape index (κ2) is 5.35.